The van der Waals surface area contributed by atoms with Crippen LogP contribution in [0.4, 0.5) is 0 Å². The third kappa shape index (κ3) is 8.80. The van der Waals surface area contributed by atoms with E-state index in [1.54, 1.807) is 5.56 Å². The van der Waals surface area contributed by atoms with E-state index in [1.165, 1.54) is 36.9 Å². The summed E-state index contributed by atoms with van der Waals surface area (Å²) in [5.74, 6) is 0. The zero-order chi connectivity index (χ0) is 19.8. The Bertz CT molecular complexity index is 639. The maximum absolute atomic E-state index is 2.41. The van der Waals surface area contributed by atoms with Gasteiger partial charge in [-0.3, -0.25) is 0 Å². The third-order valence-corrected chi connectivity index (χ3v) is 9.36. The van der Waals surface area contributed by atoms with Gasteiger partial charge >= 0.3 is 0 Å². The number of hydrogen-bond acceptors (Lipinski definition) is 1. The maximum Gasteiger partial charge on any atom is 0.133 e. The van der Waals surface area contributed by atoms with Crippen molar-refractivity contribution < 1.29 is 19.5 Å². The predicted octanol–water partition coefficient (Wildman–Crippen LogP) is 8.25. The molecule has 1 aromatic carbocycles. The number of fused-ring (bicyclic) bond motifs is 1. The first-order valence-electron chi connectivity index (χ1n) is 10.6. The van der Waals surface area contributed by atoms with Crippen molar-refractivity contribution >= 4 is 14.0 Å². The molecule has 173 valence electrons. The first kappa shape index (κ1) is 31.5. The average molecular weight is 518 g/mol. The Labute approximate surface area is 202 Å². The van der Waals surface area contributed by atoms with Gasteiger partial charge in [0.05, 0.1) is 17.0 Å². The first-order valence-corrected chi connectivity index (χ1v) is 12.3. The normalized spacial score (nSPS) is 19.0. The van der Waals surface area contributed by atoms with Crippen LogP contribution in [0.1, 0.15) is 70.2 Å². The van der Waals surface area contributed by atoms with Gasteiger partial charge in [0.15, 0.2) is 0 Å². The number of hydrogen-bond donors (Lipinski definition) is 0. The molecule has 3 rings (SSSR count). The minimum atomic E-state index is -0.471. The molecule has 0 bridgehead atoms. The van der Waals surface area contributed by atoms with Crippen LogP contribution in [0.2, 0.25) is 0 Å². The summed E-state index contributed by atoms with van der Waals surface area (Å²) < 4.78 is 0. The van der Waals surface area contributed by atoms with Gasteiger partial charge < -0.3 is 19.8 Å². The second kappa shape index (κ2) is 16.0. The summed E-state index contributed by atoms with van der Waals surface area (Å²) in [6.45, 7) is 9.62. The summed E-state index contributed by atoms with van der Waals surface area (Å²) >= 11 is 0. The zero-order valence-corrected chi connectivity index (χ0v) is 23.2. The molecule has 2 aliphatic carbocycles. The van der Waals surface area contributed by atoms with Crippen LogP contribution in [-0.4, -0.2) is 30.3 Å². The van der Waals surface area contributed by atoms with Crippen LogP contribution in [0.25, 0.3) is 6.08 Å². The molecule has 1 unspecified atom stereocenters. The molecule has 3 heteroatoms. The fourth-order valence-electron chi connectivity index (χ4n) is 4.23. The van der Waals surface area contributed by atoms with Gasteiger partial charge in [0, 0.05) is 47.1 Å². The molecule has 30 heavy (non-hydrogen) atoms. The first-order chi connectivity index (χ1) is 12.9. The van der Waals surface area contributed by atoms with Gasteiger partial charge in [0.2, 0.25) is 0 Å². The smallest absolute Gasteiger partial charge is 0.133 e. The molecule has 0 saturated carbocycles. The molecule has 0 amide bonds. The fourth-order valence-corrected chi connectivity index (χ4v) is 8.21. The maximum atomic E-state index is 2.41. The third-order valence-electron chi connectivity index (χ3n) is 5.42. The number of nitrogens with zero attached hydrogens (tertiary/aromatic N) is 1. The van der Waals surface area contributed by atoms with Crippen molar-refractivity contribution in [3.8, 4) is 0 Å². The van der Waals surface area contributed by atoms with Crippen LogP contribution >= 0.6 is 7.92 Å². The SMILES string of the molecule is C1=C\CC/C=C\CC/1.CC(C)[PH+](C(C)C)C1C(N(C)C)=Cc2ccccc21.[CH3-].[CH3-].[Rh]. The molecule has 1 atom stereocenters. The Morgan fingerprint density at radius 2 is 1.23 bits per heavy atom. The summed E-state index contributed by atoms with van der Waals surface area (Å²) in [6.07, 6.45) is 16.4. The molecular weight excluding hydrogens is 472 g/mol. The van der Waals surface area contributed by atoms with E-state index in [0.717, 1.165) is 11.3 Å². The van der Waals surface area contributed by atoms with Gasteiger partial charge in [0.1, 0.15) is 5.66 Å². The quantitative estimate of drug-likeness (QED) is 0.168. The summed E-state index contributed by atoms with van der Waals surface area (Å²) in [6, 6.07) is 8.95. The van der Waals surface area contributed by atoms with Crippen molar-refractivity contribution in [2.24, 2.45) is 0 Å². The van der Waals surface area contributed by atoms with Gasteiger partial charge in [0.25, 0.3) is 0 Å². The van der Waals surface area contributed by atoms with E-state index >= 15 is 0 Å². The van der Waals surface area contributed by atoms with Crippen LogP contribution < -0.4 is 0 Å². The van der Waals surface area contributed by atoms with Gasteiger partial charge in [-0.15, -0.1) is 0 Å². The molecule has 2 aliphatic rings. The molecule has 0 fully saturated rings. The fraction of sp³-hybridized carbons (Fsp3) is 0.481. The zero-order valence-electron chi connectivity index (χ0n) is 20.5. The second-order valence-electron chi connectivity index (χ2n) is 8.43. The van der Waals surface area contributed by atoms with E-state index < -0.39 is 7.92 Å². The van der Waals surface area contributed by atoms with Crippen LogP contribution in [-0.2, 0) is 19.5 Å². The average Bonchev–Trinajstić information content (AvgIpc) is 2.94. The van der Waals surface area contributed by atoms with Gasteiger partial charge in [-0.05, 0) is 65.0 Å². The Morgan fingerprint density at radius 1 is 0.800 bits per heavy atom. The van der Waals surface area contributed by atoms with Gasteiger partial charge in [-0.25, -0.2) is 0 Å². The van der Waals surface area contributed by atoms with Crippen LogP contribution in [0.15, 0.2) is 54.3 Å². The molecule has 0 N–H and O–H groups in total. The van der Waals surface area contributed by atoms with Crippen molar-refractivity contribution in [3.63, 3.8) is 0 Å². The number of benzene rings is 1. The Kier molecular flexibility index (Phi) is 16.8. The van der Waals surface area contributed by atoms with E-state index in [9.17, 15) is 0 Å². The topological polar surface area (TPSA) is 3.24 Å². The van der Waals surface area contributed by atoms with E-state index in [1.807, 2.05) is 0 Å². The molecule has 0 spiro atoms. The molecule has 0 heterocycles. The van der Waals surface area contributed by atoms with E-state index in [-0.39, 0.29) is 34.3 Å². The number of rotatable bonds is 4. The minimum Gasteiger partial charge on any atom is -0.377 e. The van der Waals surface area contributed by atoms with E-state index in [0.29, 0.717) is 5.66 Å². The Hall–Kier alpha value is -0.707. The number of likely N-dealkylation sites (N-methyl/N-ethyl adjacent to an activating group) is 1. The largest absolute Gasteiger partial charge is 0.377 e. The van der Waals surface area contributed by atoms with Crippen molar-refractivity contribution in [2.75, 3.05) is 14.1 Å². The summed E-state index contributed by atoms with van der Waals surface area (Å²) in [5.41, 5.74) is 6.74. The van der Waals surface area contributed by atoms with Crippen molar-refractivity contribution in [1.82, 2.24) is 4.90 Å². The summed E-state index contributed by atoms with van der Waals surface area (Å²) in [5, 5.41) is 0. The van der Waals surface area contributed by atoms with E-state index in [4.69, 9.17) is 0 Å². The Balaban J connectivity index is 0. The standard InChI is InChI=1S/C17H26NP.C8H12.2CH3.Rh/c1-12(2)19(13(3)4)17-15-10-8-7-9-14(15)11-16(17)18(5)6;1-2-4-6-8-7-5-3-1;;;/h7-13,17H,1-6H3;1-2,7-8H,3-6H2;2*1H3;/q;;2*-1;/p+1/b;2-1-,8-7-;;;. The minimum absolute atomic E-state index is 0. The van der Waals surface area contributed by atoms with E-state index in [2.05, 4.69) is 101 Å². The molecular formula is C27H45NPRh-. The molecule has 0 saturated heterocycles. The molecule has 1 radical (unpaired) electrons. The van der Waals surface area contributed by atoms with Crippen molar-refractivity contribution in [2.45, 2.75) is 70.4 Å². The summed E-state index contributed by atoms with van der Waals surface area (Å²) in [4.78, 5) is 2.32. The predicted molar refractivity (Wildman–Crippen MR) is 139 cm³/mol. The van der Waals surface area contributed by atoms with Crippen LogP contribution in [0.5, 0.6) is 0 Å². The van der Waals surface area contributed by atoms with Crippen molar-refractivity contribution in [1.29, 1.82) is 0 Å². The van der Waals surface area contributed by atoms with Crippen LogP contribution in [0.3, 0.4) is 0 Å². The molecule has 0 aliphatic heterocycles. The van der Waals surface area contributed by atoms with Crippen LogP contribution in [0, 0.1) is 14.9 Å². The number of allylic oxidation sites excluding steroid dienone is 5. The monoisotopic (exact) mass is 517 g/mol. The van der Waals surface area contributed by atoms with Crippen molar-refractivity contribution in [3.05, 3.63) is 80.2 Å². The molecule has 1 aromatic rings. The summed E-state index contributed by atoms with van der Waals surface area (Å²) in [7, 11) is 3.90. The van der Waals surface area contributed by atoms with Gasteiger partial charge in [-0.2, -0.15) is 0 Å². The molecule has 1 nitrogen and oxygen atoms in total. The Morgan fingerprint density at radius 3 is 1.63 bits per heavy atom. The second-order valence-corrected chi connectivity index (χ2v) is 12.3. The van der Waals surface area contributed by atoms with Gasteiger partial charge in [-0.1, -0.05) is 48.6 Å². The molecule has 0 aromatic heterocycles.